The fraction of sp³-hybridized carbons (Fsp3) is 0.400. The van der Waals surface area contributed by atoms with Gasteiger partial charge in [-0.05, 0) is 38.5 Å². The van der Waals surface area contributed by atoms with Crippen molar-refractivity contribution in [3.05, 3.63) is 41.6 Å². The molecule has 0 aromatic carbocycles. The summed E-state index contributed by atoms with van der Waals surface area (Å²) in [5.74, 6) is 1.02. The summed E-state index contributed by atoms with van der Waals surface area (Å²) in [5, 5.41) is 5.95. The molecule has 0 saturated heterocycles. The molecular weight excluding hydrogens is 268 g/mol. The molecule has 21 heavy (non-hydrogen) atoms. The molecule has 6 heteroatoms. The molecule has 0 aliphatic carbocycles. The van der Waals surface area contributed by atoms with Gasteiger partial charge in [0, 0.05) is 11.7 Å². The Balaban J connectivity index is 2.07. The topological polar surface area (TPSA) is 80.0 Å². The number of amides is 1. The SMILES string of the molecule is CCC(C)NC(=O)c1cc(C)nc(NCc2ccco2)n1. The summed E-state index contributed by atoms with van der Waals surface area (Å²) >= 11 is 0. The van der Waals surface area contributed by atoms with Crippen molar-refractivity contribution in [1.29, 1.82) is 0 Å². The Morgan fingerprint density at radius 3 is 2.90 bits per heavy atom. The summed E-state index contributed by atoms with van der Waals surface area (Å²) in [6, 6.07) is 5.47. The highest BCUT2D eigenvalue weighted by atomic mass is 16.3. The molecule has 0 radical (unpaired) electrons. The number of carbonyl (C=O) groups excluding carboxylic acids is 1. The molecule has 2 aromatic heterocycles. The van der Waals surface area contributed by atoms with Gasteiger partial charge < -0.3 is 15.1 Å². The summed E-state index contributed by atoms with van der Waals surface area (Å²) in [5.41, 5.74) is 1.10. The van der Waals surface area contributed by atoms with Gasteiger partial charge in [0.15, 0.2) is 0 Å². The van der Waals surface area contributed by atoms with Crippen LogP contribution in [0, 0.1) is 6.92 Å². The largest absolute Gasteiger partial charge is 0.467 e. The third-order valence-corrected chi connectivity index (χ3v) is 3.08. The third-order valence-electron chi connectivity index (χ3n) is 3.08. The van der Waals surface area contributed by atoms with Gasteiger partial charge in [0.2, 0.25) is 5.95 Å². The van der Waals surface area contributed by atoms with Crippen LogP contribution in [0.1, 0.15) is 42.2 Å². The highest BCUT2D eigenvalue weighted by Crippen LogP contribution is 2.08. The van der Waals surface area contributed by atoms with Gasteiger partial charge in [-0.1, -0.05) is 6.92 Å². The van der Waals surface area contributed by atoms with Crippen molar-refractivity contribution >= 4 is 11.9 Å². The number of aromatic nitrogens is 2. The molecule has 1 amide bonds. The summed E-state index contributed by atoms with van der Waals surface area (Å²) in [6.07, 6.45) is 2.48. The van der Waals surface area contributed by atoms with Crippen LogP contribution in [0.15, 0.2) is 28.9 Å². The summed E-state index contributed by atoms with van der Waals surface area (Å²) in [4.78, 5) is 20.6. The van der Waals surface area contributed by atoms with Crippen LogP contribution < -0.4 is 10.6 Å². The van der Waals surface area contributed by atoms with Gasteiger partial charge in [-0.25, -0.2) is 9.97 Å². The van der Waals surface area contributed by atoms with E-state index >= 15 is 0 Å². The van der Waals surface area contributed by atoms with E-state index in [-0.39, 0.29) is 11.9 Å². The fourth-order valence-electron chi connectivity index (χ4n) is 1.74. The van der Waals surface area contributed by atoms with E-state index in [1.54, 1.807) is 12.3 Å². The monoisotopic (exact) mass is 288 g/mol. The smallest absolute Gasteiger partial charge is 0.270 e. The van der Waals surface area contributed by atoms with Crippen molar-refractivity contribution in [2.24, 2.45) is 0 Å². The summed E-state index contributed by atoms with van der Waals surface area (Å²) in [7, 11) is 0. The van der Waals surface area contributed by atoms with Crippen molar-refractivity contribution in [2.45, 2.75) is 39.8 Å². The van der Waals surface area contributed by atoms with Crippen LogP contribution in [-0.2, 0) is 6.54 Å². The van der Waals surface area contributed by atoms with E-state index in [2.05, 4.69) is 20.6 Å². The molecule has 2 N–H and O–H groups in total. The average Bonchev–Trinajstić information content (AvgIpc) is 2.97. The summed E-state index contributed by atoms with van der Waals surface area (Å²) < 4.78 is 5.23. The molecule has 0 spiro atoms. The summed E-state index contributed by atoms with van der Waals surface area (Å²) in [6.45, 7) is 6.29. The number of aryl methyl sites for hydroxylation is 1. The number of anilines is 1. The second-order valence-corrected chi connectivity index (χ2v) is 4.93. The lowest BCUT2D eigenvalue weighted by molar-refractivity contribution is 0.0934. The Morgan fingerprint density at radius 2 is 2.24 bits per heavy atom. The highest BCUT2D eigenvalue weighted by molar-refractivity contribution is 5.92. The number of carbonyl (C=O) groups is 1. The minimum Gasteiger partial charge on any atom is -0.467 e. The first kappa shape index (κ1) is 15.0. The van der Waals surface area contributed by atoms with E-state index in [0.717, 1.165) is 17.9 Å². The average molecular weight is 288 g/mol. The first-order chi connectivity index (χ1) is 10.1. The van der Waals surface area contributed by atoms with E-state index in [0.29, 0.717) is 18.2 Å². The van der Waals surface area contributed by atoms with Crippen LogP contribution in [0.4, 0.5) is 5.95 Å². The van der Waals surface area contributed by atoms with Crippen LogP contribution in [0.2, 0.25) is 0 Å². The van der Waals surface area contributed by atoms with Crippen molar-refractivity contribution < 1.29 is 9.21 Å². The van der Waals surface area contributed by atoms with Gasteiger partial charge >= 0.3 is 0 Å². The first-order valence-electron chi connectivity index (χ1n) is 7.01. The molecule has 1 atom stereocenters. The van der Waals surface area contributed by atoms with Crippen LogP contribution >= 0.6 is 0 Å². The first-order valence-corrected chi connectivity index (χ1v) is 7.01. The van der Waals surface area contributed by atoms with Gasteiger partial charge in [-0.15, -0.1) is 0 Å². The highest BCUT2D eigenvalue weighted by Gasteiger charge is 2.12. The number of rotatable bonds is 6. The Labute approximate surface area is 124 Å². The number of hydrogen-bond donors (Lipinski definition) is 2. The molecule has 0 fully saturated rings. The van der Waals surface area contributed by atoms with Crippen molar-refractivity contribution in [3.63, 3.8) is 0 Å². The van der Waals surface area contributed by atoms with Gasteiger partial charge in [0.05, 0.1) is 12.8 Å². The molecule has 2 rings (SSSR count). The molecule has 0 aliphatic heterocycles. The van der Waals surface area contributed by atoms with Gasteiger partial charge in [0.25, 0.3) is 5.91 Å². The van der Waals surface area contributed by atoms with Crippen molar-refractivity contribution in [3.8, 4) is 0 Å². The standard InChI is InChI=1S/C15H20N4O2/c1-4-10(2)17-14(20)13-8-11(3)18-15(19-13)16-9-12-6-5-7-21-12/h5-8,10H,4,9H2,1-3H3,(H,17,20)(H,16,18,19). The number of nitrogens with one attached hydrogen (secondary N) is 2. The molecule has 0 bridgehead atoms. The van der Waals surface area contributed by atoms with Crippen molar-refractivity contribution in [2.75, 3.05) is 5.32 Å². The van der Waals surface area contributed by atoms with Crippen LogP contribution in [0.3, 0.4) is 0 Å². The lowest BCUT2D eigenvalue weighted by Crippen LogP contribution is -2.32. The van der Waals surface area contributed by atoms with E-state index in [1.807, 2.05) is 32.9 Å². The maximum Gasteiger partial charge on any atom is 0.270 e. The quantitative estimate of drug-likeness (QED) is 0.853. The van der Waals surface area contributed by atoms with Gasteiger partial charge in [-0.3, -0.25) is 4.79 Å². The molecule has 0 aliphatic rings. The zero-order chi connectivity index (χ0) is 15.2. The lowest BCUT2D eigenvalue weighted by atomic mass is 10.2. The van der Waals surface area contributed by atoms with Crippen LogP contribution in [0.25, 0.3) is 0 Å². The Kier molecular flexibility index (Phi) is 4.92. The van der Waals surface area contributed by atoms with Crippen LogP contribution in [-0.4, -0.2) is 21.9 Å². The van der Waals surface area contributed by atoms with E-state index in [4.69, 9.17) is 4.42 Å². The maximum atomic E-state index is 12.1. The normalized spacial score (nSPS) is 12.0. The predicted molar refractivity (Wildman–Crippen MR) is 80.0 cm³/mol. The maximum absolute atomic E-state index is 12.1. The minimum atomic E-state index is -0.184. The second-order valence-electron chi connectivity index (χ2n) is 4.93. The molecule has 1 unspecified atom stereocenters. The number of furan rings is 1. The van der Waals surface area contributed by atoms with E-state index < -0.39 is 0 Å². The predicted octanol–water partition coefficient (Wildman–Crippen LogP) is 2.52. The zero-order valence-corrected chi connectivity index (χ0v) is 12.5. The van der Waals surface area contributed by atoms with E-state index in [1.165, 1.54) is 0 Å². The van der Waals surface area contributed by atoms with E-state index in [9.17, 15) is 4.79 Å². The Bertz CT molecular complexity index is 596. The third kappa shape index (κ3) is 4.30. The fourth-order valence-corrected chi connectivity index (χ4v) is 1.74. The van der Waals surface area contributed by atoms with Gasteiger partial charge in [-0.2, -0.15) is 0 Å². The number of nitrogens with zero attached hydrogens (tertiary/aromatic N) is 2. The Morgan fingerprint density at radius 1 is 1.43 bits per heavy atom. The zero-order valence-electron chi connectivity index (χ0n) is 12.5. The second kappa shape index (κ2) is 6.88. The van der Waals surface area contributed by atoms with Crippen LogP contribution in [0.5, 0.6) is 0 Å². The lowest BCUT2D eigenvalue weighted by Gasteiger charge is -2.12. The minimum absolute atomic E-state index is 0.118. The molecule has 6 nitrogen and oxygen atoms in total. The molecule has 2 aromatic rings. The number of hydrogen-bond acceptors (Lipinski definition) is 5. The molecular formula is C15H20N4O2. The Hall–Kier alpha value is -2.37. The molecule has 0 saturated carbocycles. The van der Waals surface area contributed by atoms with Crippen molar-refractivity contribution in [1.82, 2.24) is 15.3 Å². The van der Waals surface area contributed by atoms with Gasteiger partial charge in [0.1, 0.15) is 11.5 Å². The molecule has 112 valence electrons. The molecule has 2 heterocycles.